The Balaban J connectivity index is 1.91. The van der Waals surface area contributed by atoms with E-state index >= 15 is 0 Å². The highest BCUT2D eigenvalue weighted by Crippen LogP contribution is 2.24. The van der Waals surface area contributed by atoms with E-state index in [2.05, 4.69) is 4.90 Å². The molecule has 4 atom stereocenters. The molecular formula is C16H29FN2O3. The molecule has 128 valence electrons. The van der Waals surface area contributed by atoms with Crippen molar-refractivity contribution >= 4 is 6.09 Å². The van der Waals surface area contributed by atoms with Crippen molar-refractivity contribution < 1.29 is 18.7 Å². The molecule has 2 fully saturated rings. The molecule has 0 spiro atoms. The second kappa shape index (κ2) is 6.71. The zero-order valence-corrected chi connectivity index (χ0v) is 14.3. The van der Waals surface area contributed by atoms with E-state index in [0.717, 1.165) is 13.1 Å². The maximum absolute atomic E-state index is 14.6. The number of carbonyl (C=O) groups excluding carboxylic acids is 1. The van der Waals surface area contributed by atoms with Crippen LogP contribution in [0.3, 0.4) is 0 Å². The lowest BCUT2D eigenvalue weighted by Crippen LogP contribution is -2.58. The van der Waals surface area contributed by atoms with Gasteiger partial charge < -0.3 is 14.4 Å². The number of carbonyl (C=O) groups is 1. The number of halogens is 1. The molecule has 2 aliphatic rings. The number of ether oxygens (including phenoxy) is 2. The Bertz CT molecular complexity index is 389. The van der Waals surface area contributed by atoms with Gasteiger partial charge in [0, 0.05) is 25.7 Å². The van der Waals surface area contributed by atoms with Crippen molar-refractivity contribution in [3.63, 3.8) is 0 Å². The van der Waals surface area contributed by atoms with E-state index in [0.29, 0.717) is 13.0 Å². The lowest BCUT2D eigenvalue weighted by atomic mass is 9.99. The Kier molecular flexibility index (Phi) is 5.33. The Morgan fingerprint density at radius 2 is 1.77 bits per heavy atom. The van der Waals surface area contributed by atoms with Gasteiger partial charge in [-0.2, -0.15) is 0 Å². The standard InChI is InChI=1S/C16H29FN2O3/c1-11-8-19(9-12(2)21-11)14-6-7-18(10-13(14)17)15(20)22-16(3,4)5/h11-14H,6-10H2,1-5H3. The van der Waals surface area contributed by atoms with Crippen molar-refractivity contribution in [3.05, 3.63) is 0 Å². The van der Waals surface area contributed by atoms with E-state index in [1.54, 1.807) is 0 Å². The van der Waals surface area contributed by atoms with Crippen LogP contribution in [0.4, 0.5) is 9.18 Å². The molecule has 2 aliphatic heterocycles. The molecular weight excluding hydrogens is 287 g/mol. The predicted molar refractivity (Wildman–Crippen MR) is 82.7 cm³/mol. The van der Waals surface area contributed by atoms with E-state index in [1.807, 2.05) is 34.6 Å². The molecule has 2 rings (SSSR count). The highest BCUT2D eigenvalue weighted by atomic mass is 19.1. The Morgan fingerprint density at radius 3 is 2.27 bits per heavy atom. The maximum atomic E-state index is 14.6. The smallest absolute Gasteiger partial charge is 0.410 e. The van der Waals surface area contributed by atoms with Gasteiger partial charge >= 0.3 is 6.09 Å². The van der Waals surface area contributed by atoms with Crippen LogP contribution in [0.15, 0.2) is 0 Å². The number of alkyl halides is 1. The summed E-state index contributed by atoms with van der Waals surface area (Å²) < 4.78 is 25.6. The van der Waals surface area contributed by atoms with Crippen LogP contribution in [0.5, 0.6) is 0 Å². The summed E-state index contributed by atoms with van der Waals surface area (Å²) in [6.45, 7) is 11.7. The van der Waals surface area contributed by atoms with Gasteiger partial charge in [-0.1, -0.05) is 0 Å². The van der Waals surface area contributed by atoms with Gasteiger partial charge in [-0.15, -0.1) is 0 Å². The predicted octanol–water partition coefficient (Wildman–Crippen LogP) is 2.44. The minimum Gasteiger partial charge on any atom is -0.444 e. The summed E-state index contributed by atoms with van der Waals surface area (Å²) in [5.74, 6) is 0. The van der Waals surface area contributed by atoms with E-state index in [-0.39, 0.29) is 24.8 Å². The zero-order chi connectivity index (χ0) is 16.5. The van der Waals surface area contributed by atoms with Gasteiger partial charge in [0.15, 0.2) is 0 Å². The van der Waals surface area contributed by atoms with Gasteiger partial charge in [-0.05, 0) is 41.0 Å². The monoisotopic (exact) mass is 316 g/mol. The Labute approximate surface area is 132 Å². The van der Waals surface area contributed by atoms with Crippen LogP contribution in [0.25, 0.3) is 0 Å². The number of hydrogen-bond acceptors (Lipinski definition) is 4. The summed E-state index contributed by atoms with van der Waals surface area (Å²) in [6, 6.07) is -0.132. The Morgan fingerprint density at radius 1 is 1.18 bits per heavy atom. The average Bonchev–Trinajstić information content (AvgIpc) is 2.35. The van der Waals surface area contributed by atoms with Crippen LogP contribution in [0, 0.1) is 0 Å². The highest BCUT2D eigenvalue weighted by molar-refractivity contribution is 5.68. The molecule has 0 aromatic rings. The molecule has 0 bridgehead atoms. The first-order valence-corrected chi connectivity index (χ1v) is 8.17. The molecule has 22 heavy (non-hydrogen) atoms. The maximum Gasteiger partial charge on any atom is 0.410 e. The zero-order valence-electron chi connectivity index (χ0n) is 14.3. The summed E-state index contributed by atoms with van der Waals surface area (Å²) >= 11 is 0. The van der Waals surface area contributed by atoms with Crippen molar-refractivity contribution in [3.8, 4) is 0 Å². The van der Waals surface area contributed by atoms with Gasteiger partial charge in [0.2, 0.25) is 0 Å². The number of nitrogens with zero attached hydrogens (tertiary/aromatic N) is 2. The molecule has 0 radical (unpaired) electrons. The fourth-order valence-corrected chi connectivity index (χ4v) is 3.28. The van der Waals surface area contributed by atoms with Crippen LogP contribution in [0.1, 0.15) is 41.0 Å². The molecule has 6 heteroatoms. The fraction of sp³-hybridized carbons (Fsp3) is 0.938. The first kappa shape index (κ1) is 17.5. The average molecular weight is 316 g/mol. The Hall–Kier alpha value is -0.880. The number of hydrogen-bond donors (Lipinski definition) is 0. The molecule has 2 heterocycles. The van der Waals surface area contributed by atoms with Crippen LogP contribution in [-0.4, -0.2) is 72.1 Å². The van der Waals surface area contributed by atoms with Gasteiger partial charge in [-0.25, -0.2) is 9.18 Å². The van der Waals surface area contributed by atoms with Gasteiger partial charge in [0.1, 0.15) is 11.8 Å². The van der Waals surface area contributed by atoms with Crippen LogP contribution >= 0.6 is 0 Å². The molecule has 0 aromatic heterocycles. The first-order valence-electron chi connectivity index (χ1n) is 8.17. The largest absolute Gasteiger partial charge is 0.444 e. The van der Waals surface area contributed by atoms with Crippen molar-refractivity contribution in [1.29, 1.82) is 0 Å². The molecule has 0 saturated carbocycles. The summed E-state index contributed by atoms with van der Waals surface area (Å²) in [5.41, 5.74) is -0.547. The fourth-order valence-electron chi connectivity index (χ4n) is 3.28. The second-order valence-corrected chi connectivity index (χ2v) is 7.51. The molecule has 0 aliphatic carbocycles. The summed E-state index contributed by atoms with van der Waals surface area (Å²) in [4.78, 5) is 15.7. The van der Waals surface area contributed by atoms with Gasteiger partial charge in [0.05, 0.1) is 18.8 Å². The number of morpholine rings is 1. The topological polar surface area (TPSA) is 42.0 Å². The lowest BCUT2D eigenvalue weighted by Gasteiger charge is -2.44. The normalized spacial score (nSPS) is 34.5. The molecule has 0 N–H and O–H groups in total. The second-order valence-electron chi connectivity index (χ2n) is 7.51. The van der Waals surface area contributed by atoms with Crippen LogP contribution in [-0.2, 0) is 9.47 Å². The van der Waals surface area contributed by atoms with Crippen molar-refractivity contribution in [2.45, 2.75) is 71.1 Å². The van der Waals surface area contributed by atoms with Crippen LogP contribution < -0.4 is 0 Å². The SMILES string of the molecule is CC1CN(C2CCN(C(=O)OC(C)(C)C)CC2F)CC(C)O1. The van der Waals surface area contributed by atoms with Crippen molar-refractivity contribution in [1.82, 2.24) is 9.80 Å². The minimum atomic E-state index is -1.04. The molecule has 0 aromatic carbocycles. The van der Waals surface area contributed by atoms with E-state index in [4.69, 9.17) is 9.47 Å². The minimum absolute atomic E-state index is 0.111. The van der Waals surface area contributed by atoms with Gasteiger partial charge in [0.25, 0.3) is 0 Å². The molecule has 2 saturated heterocycles. The first-order chi connectivity index (χ1) is 10.2. The number of amides is 1. The van der Waals surface area contributed by atoms with Gasteiger partial charge in [-0.3, -0.25) is 4.90 Å². The summed E-state index contributed by atoms with van der Waals surface area (Å²) in [7, 11) is 0. The van der Waals surface area contributed by atoms with E-state index in [1.165, 1.54) is 4.90 Å². The lowest BCUT2D eigenvalue weighted by molar-refractivity contribution is -0.0979. The van der Waals surface area contributed by atoms with Crippen LogP contribution in [0.2, 0.25) is 0 Å². The van der Waals surface area contributed by atoms with E-state index in [9.17, 15) is 9.18 Å². The molecule has 1 amide bonds. The van der Waals surface area contributed by atoms with Crippen molar-refractivity contribution in [2.75, 3.05) is 26.2 Å². The quantitative estimate of drug-likeness (QED) is 0.745. The van der Waals surface area contributed by atoms with Crippen molar-refractivity contribution in [2.24, 2.45) is 0 Å². The molecule has 5 nitrogen and oxygen atoms in total. The summed E-state index contributed by atoms with van der Waals surface area (Å²) in [5, 5.41) is 0. The summed E-state index contributed by atoms with van der Waals surface area (Å²) in [6.07, 6.45) is -0.574. The number of likely N-dealkylation sites (tertiary alicyclic amines) is 1. The third kappa shape index (κ3) is 4.56. The highest BCUT2D eigenvalue weighted by Gasteiger charge is 2.38. The third-order valence-corrected chi connectivity index (χ3v) is 4.08. The van der Waals surface area contributed by atoms with E-state index < -0.39 is 17.9 Å². The number of piperidine rings is 1. The third-order valence-electron chi connectivity index (χ3n) is 4.08. The number of rotatable bonds is 1. The molecule has 4 unspecified atom stereocenters.